The minimum absolute atomic E-state index is 0.708. The number of hydrogen-bond acceptors (Lipinski definition) is 5. The van der Waals surface area contributed by atoms with Crippen LogP contribution in [0.5, 0.6) is 0 Å². The fraction of sp³-hybridized carbons (Fsp3) is 0.286. The van der Waals surface area contributed by atoms with Crippen molar-refractivity contribution in [3.8, 4) is 11.1 Å². The van der Waals surface area contributed by atoms with Crippen LogP contribution in [0.1, 0.15) is 5.56 Å². The zero-order valence-electron chi connectivity index (χ0n) is 11.0. The summed E-state index contributed by atoms with van der Waals surface area (Å²) >= 11 is 1.67. The Bertz CT molecular complexity index is 539. The molecule has 0 amide bonds. The van der Waals surface area contributed by atoms with E-state index in [4.69, 9.17) is 16.2 Å². The van der Waals surface area contributed by atoms with Crippen LogP contribution < -0.4 is 16.8 Å². The molecule has 0 saturated carbocycles. The second kappa shape index (κ2) is 6.56. The Balaban J connectivity index is 2.16. The number of thiophene rings is 1. The van der Waals surface area contributed by atoms with Crippen LogP contribution in [0.4, 0.5) is 11.4 Å². The summed E-state index contributed by atoms with van der Waals surface area (Å²) in [5.41, 5.74) is 16.8. The van der Waals surface area contributed by atoms with Crippen molar-refractivity contribution in [3.05, 3.63) is 34.5 Å². The molecule has 0 aliphatic rings. The van der Waals surface area contributed by atoms with Crippen molar-refractivity contribution in [2.75, 3.05) is 31.7 Å². The van der Waals surface area contributed by atoms with E-state index in [-0.39, 0.29) is 0 Å². The molecule has 1 aromatic carbocycles. The molecule has 1 aromatic heterocycles. The van der Waals surface area contributed by atoms with E-state index >= 15 is 0 Å². The minimum atomic E-state index is 0.708. The van der Waals surface area contributed by atoms with Crippen LogP contribution in [-0.4, -0.2) is 20.3 Å². The fourth-order valence-corrected chi connectivity index (χ4v) is 2.76. The SMILES string of the molecule is COCCNCc1cscc1-c1cc(N)ccc1N. The normalized spacial score (nSPS) is 10.8. The highest BCUT2D eigenvalue weighted by molar-refractivity contribution is 7.08. The zero-order chi connectivity index (χ0) is 13.7. The molecule has 4 nitrogen and oxygen atoms in total. The van der Waals surface area contributed by atoms with Gasteiger partial charge in [-0.2, -0.15) is 11.3 Å². The molecule has 0 fully saturated rings. The monoisotopic (exact) mass is 277 g/mol. The van der Waals surface area contributed by atoms with Crippen LogP contribution in [-0.2, 0) is 11.3 Å². The Kier molecular flexibility index (Phi) is 4.79. The Morgan fingerprint density at radius 2 is 2.05 bits per heavy atom. The smallest absolute Gasteiger partial charge is 0.0587 e. The maximum absolute atomic E-state index is 6.03. The van der Waals surface area contributed by atoms with Gasteiger partial charge in [0.2, 0.25) is 0 Å². The second-order valence-electron chi connectivity index (χ2n) is 4.33. The van der Waals surface area contributed by atoms with Gasteiger partial charge in [0.15, 0.2) is 0 Å². The van der Waals surface area contributed by atoms with Gasteiger partial charge in [-0.1, -0.05) is 0 Å². The lowest BCUT2D eigenvalue weighted by atomic mass is 10.0. The molecule has 0 spiro atoms. The third kappa shape index (κ3) is 3.47. The van der Waals surface area contributed by atoms with E-state index in [9.17, 15) is 0 Å². The average Bonchev–Trinajstić information content (AvgIpc) is 2.86. The van der Waals surface area contributed by atoms with Crippen molar-refractivity contribution >= 4 is 22.7 Å². The maximum atomic E-state index is 6.03. The summed E-state index contributed by atoms with van der Waals surface area (Å²) in [6.07, 6.45) is 0. The van der Waals surface area contributed by atoms with E-state index in [0.29, 0.717) is 6.61 Å². The predicted molar refractivity (Wildman–Crippen MR) is 82.2 cm³/mol. The highest BCUT2D eigenvalue weighted by Gasteiger charge is 2.09. The van der Waals surface area contributed by atoms with Gasteiger partial charge in [-0.15, -0.1) is 0 Å². The summed E-state index contributed by atoms with van der Waals surface area (Å²) in [5, 5.41) is 7.59. The van der Waals surface area contributed by atoms with Crippen LogP contribution in [0.15, 0.2) is 29.0 Å². The van der Waals surface area contributed by atoms with Crippen molar-refractivity contribution in [1.29, 1.82) is 0 Å². The van der Waals surface area contributed by atoms with E-state index in [0.717, 1.165) is 35.6 Å². The molecule has 19 heavy (non-hydrogen) atoms. The first-order valence-corrected chi connectivity index (χ1v) is 7.06. The molecule has 0 aliphatic heterocycles. The fourth-order valence-electron chi connectivity index (χ4n) is 1.90. The first-order valence-electron chi connectivity index (χ1n) is 6.12. The second-order valence-corrected chi connectivity index (χ2v) is 5.07. The Morgan fingerprint density at radius 1 is 1.21 bits per heavy atom. The van der Waals surface area contributed by atoms with Crippen LogP contribution in [0.2, 0.25) is 0 Å². The Morgan fingerprint density at radius 3 is 2.84 bits per heavy atom. The number of benzene rings is 1. The lowest BCUT2D eigenvalue weighted by Crippen LogP contribution is -2.18. The van der Waals surface area contributed by atoms with Crippen molar-refractivity contribution < 1.29 is 4.74 Å². The van der Waals surface area contributed by atoms with Gasteiger partial charge in [0.25, 0.3) is 0 Å². The quantitative estimate of drug-likeness (QED) is 0.559. The lowest BCUT2D eigenvalue weighted by Gasteiger charge is -2.09. The standard InChI is InChI=1S/C14H19N3OS/c1-18-5-4-17-7-10-8-19-9-13(10)12-6-11(15)2-3-14(12)16/h2-3,6,8-9,17H,4-5,7,15-16H2,1H3. The van der Waals surface area contributed by atoms with Crippen molar-refractivity contribution in [1.82, 2.24) is 5.32 Å². The van der Waals surface area contributed by atoms with Gasteiger partial charge < -0.3 is 21.5 Å². The van der Waals surface area contributed by atoms with Crippen LogP contribution in [0, 0.1) is 0 Å². The summed E-state index contributed by atoms with van der Waals surface area (Å²) in [7, 11) is 1.70. The van der Waals surface area contributed by atoms with Gasteiger partial charge in [0, 0.05) is 37.1 Å². The number of ether oxygens (including phenoxy) is 1. The van der Waals surface area contributed by atoms with Crippen molar-refractivity contribution in [3.63, 3.8) is 0 Å². The summed E-state index contributed by atoms with van der Waals surface area (Å²) < 4.78 is 5.01. The van der Waals surface area contributed by atoms with Gasteiger partial charge >= 0.3 is 0 Å². The molecule has 102 valence electrons. The van der Waals surface area contributed by atoms with Gasteiger partial charge in [0.05, 0.1) is 6.61 Å². The van der Waals surface area contributed by atoms with E-state index < -0.39 is 0 Å². The molecule has 0 bridgehead atoms. The summed E-state index contributed by atoms with van der Waals surface area (Å²) in [5.74, 6) is 0. The number of nitrogens with two attached hydrogens (primary N) is 2. The molecule has 1 heterocycles. The first-order chi connectivity index (χ1) is 9.22. The third-order valence-corrected chi connectivity index (χ3v) is 3.70. The number of nitrogen functional groups attached to an aromatic ring is 2. The molecule has 0 radical (unpaired) electrons. The molecule has 5 N–H and O–H groups in total. The maximum Gasteiger partial charge on any atom is 0.0587 e. The highest BCUT2D eigenvalue weighted by atomic mass is 32.1. The topological polar surface area (TPSA) is 73.3 Å². The number of methoxy groups -OCH3 is 1. The molecular formula is C14H19N3OS. The lowest BCUT2D eigenvalue weighted by molar-refractivity contribution is 0.199. The van der Waals surface area contributed by atoms with Gasteiger partial charge in [-0.3, -0.25) is 0 Å². The molecule has 0 aliphatic carbocycles. The molecule has 2 aromatic rings. The predicted octanol–water partition coefficient (Wildman–Crippen LogP) is 2.32. The van der Waals surface area contributed by atoms with Gasteiger partial charge in [-0.25, -0.2) is 0 Å². The zero-order valence-corrected chi connectivity index (χ0v) is 11.8. The van der Waals surface area contributed by atoms with E-state index in [2.05, 4.69) is 16.1 Å². The Labute approximate surface area is 117 Å². The Hall–Kier alpha value is -1.56. The van der Waals surface area contributed by atoms with E-state index in [1.54, 1.807) is 18.4 Å². The van der Waals surface area contributed by atoms with Crippen molar-refractivity contribution in [2.24, 2.45) is 0 Å². The molecule has 0 saturated heterocycles. The summed E-state index contributed by atoms with van der Waals surface area (Å²) in [6.45, 7) is 2.34. The molecular weight excluding hydrogens is 258 g/mol. The molecule has 0 atom stereocenters. The average molecular weight is 277 g/mol. The van der Waals surface area contributed by atoms with Crippen LogP contribution in [0.3, 0.4) is 0 Å². The minimum Gasteiger partial charge on any atom is -0.399 e. The number of nitrogens with one attached hydrogen (secondary N) is 1. The highest BCUT2D eigenvalue weighted by Crippen LogP contribution is 2.33. The summed E-state index contributed by atoms with van der Waals surface area (Å²) in [6, 6.07) is 5.60. The molecule has 2 rings (SSSR count). The van der Waals surface area contributed by atoms with Gasteiger partial charge in [-0.05, 0) is 40.1 Å². The number of rotatable bonds is 6. The van der Waals surface area contributed by atoms with Crippen LogP contribution in [0.25, 0.3) is 11.1 Å². The van der Waals surface area contributed by atoms with Crippen LogP contribution >= 0.6 is 11.3 Å². The van der Waals surface area contributed by atoms with E-state index in [1.165, 1.54) is 5.56 Å². The van der Waals surface area contributed by atoms with Gasteiger partial charge in [0.1, 0.15) is 0 Å². The largest absolute Gasteiger partial charge is 0.399 e. The number of anilines is 2. The summed E-state index contributed by atoms with van der Waals surface area (Å²) in [4.78, 5) is 0. The third-order valence-electron chi connectivity index (χ3n) is 2.91. The first kappa shape index (κ1) is 13.9. The molecule has 0 unspecified atom stereocenters. The molecule has 5 heteroatoms. The van der Waals surface area contributed by atoms with Crippen molar-refractivity contribution in [2.45, 2.75) is 6.54 Å². The van der Waals surface area contributed by atoms with E-state index in [1.807, 2.05) is 18.2 Å². The number of hydrogen-bond donors (Lipinski definition) is 3.